The van der Waals surface area contributed by atoms with E-state index in [4.69, 9.17) is 5.11 Å². The molecule has 2 aromatic carbocycles. The summed E-state index contributed by atoms with van der Waals surface area (Å²) in [6.45, 7) is 0. The van der Waals surface area contributed by atoms with Crippen LogP contribution < -0.4 is 0 Å². The minimum Gasteiger partial charge on any atom is -0.478 e. The van der Waals surface area contributed by atoms with Crippen molar-refractivity contribution in [1.82, 2.24) is 0 Å². The predicted octanol–water partition coefficient (Wildman–Crippen LogP) is 3.10. The molecule has 1 N–H and O–H groups in total. The van der Waals surface area contributed by atoms with Gasteiger partial charge in [0.2, 0.25) is 5.82 Å². The van der Waals surface area contributed by atoms with Crippen LogP contribution >= 0.6 is 0 Å². The van der Waals surface area contributed by atoms with Crippen LogP contribution in [0.3, 0.4) is 0 Å². The van der Waals surface area contributed by atoms with Crippen LogP contribution in [0, 0.1) is 15.9 Å². The number of benzene rings is 2. The Balaban J connectivity index is 2.53. The van der Waals surface area contributed by atoms with Crippen LogP contribution in [0.15, 0.2) is 42.5 Å². The number of rotatable bonds is 3. The molecule has 0 unspecified atom stereocenters. The molecule has 0 aromatic heterocycles. The van der Waals surface area contributed by atoms with Crippen molar-refractivity contribution in [2.75, 3.05) is 0 Å². The smallest absolute Gasteiger partial charge is 0.335 e. The number of hydrogen-bond acceptors (Lipinski definition) is 3. The summed E-state index contributed by atoms with van der Waals surface area (Å²) in [6.07, 6.45) is 0. The van der Waals surface area contributed by atoms with Gasteiger partial charge >= 0.3 is 11.7 Å². The van der Waals surface area contributed by atoms with E-state index in [1.807, 2.05) is 0 Å². The first kappa shape index (κ1) is 12.7. The minimum absolute atomic E-state index is 0.0597. The Morgan fingerprint density at radius 3 is 2.47 bits per heavy atom. The van der Waals surface area contributed by atoms with E-state index >= 15 is 0 Å². The lowest BCUT2D eigenvalue weighted by Crippen LogP contribution is -1.96. The van der Waals surface area contributed by atoms with Gasteiger partial charge < -0.3 is 5.11 Å². The number of halogens is 1. The Morgan fingerprint density at radius 1 is 1.16 bits per heavy atom. The highest BCUT2D eigenvalue weighted by Gasteiger charge is 2.15. The van der Waals surface area contributed by atoms with E-state index in [9.17, 15) is 19.3 Å². The molecule has 0 atom stereocenters. The number of nitro groups is 1. The van der Waals surface area contributed by atoms with Crippen LogP contribution in [-0.2, 0) is 0 Å². The Morgan fingerprint density at radius 2 is 1.84 bits per heavy atom. The maximum absolute atomic E-state index is 13.2. The Labute approximate surface area is 107 Å². The number of aromatic carboxylic acids is 1. The molecule has 0 bridgehead atoms. The first-order valence-corrected chi connectivity index (χ1v) is 5.26. The van der Waals surface area contributed by atoms with Gasteiger partial charge in [0, 0.05) is 6.07 Å². The van der Waals surface area contributed by atoms with E-state index < -0.39 is 22.4 Å². The molecule has 0 saturated carbocycles. The summed E-state index contributed by atoms with van der Waals surface area (Å²) in [6, 6.07) is 9.33. The van der Waals surface area contributed by atoms with Crippen LogP contribution in [-0.4, -0.2) is 16.0 Å². The van der Waals surface area contributed by atoms with E-state index in [2.05, 4.69) is 0 Å². The van der Waals surface area contributed by atoms with Crippen molar-refractivity contribution in [1.29, 1.82) is 0 Å². The standard InChI is InChI=1S/C13H8FNO4/c14-11-5-4-9(7-12(11)15(18)19)8-2-1-3-10(6-8)13(16)17/h1-7H,(H,16,17). The van der Waals surface area contributed by atoms with Gasteiger partial charge in [-0.1, -0.05) is 18.2 Å². The van der Waals surface area contributed by atoms with E-state index in [1.165, 1.54) is 24.3 Å². The number of carboxylic acid groups (broad SMARTS) is 1. The molecule has 19 heavy (non-hydrogen) atoms. The van der Waals surface area contributed by atoms with Gasteiger partial charge in [-0.15, -0.1) is 0 Å². The van der Waals surface area contributed by atoms with E-state index in [0.717, 1.165) is 12.1 Å². The average Bonchev–Trinajstić information content (AvgIpc) is 2.39. The number of carbonyl (C=O) groups is 1. The lowest BCUT2D eigenvalue weighted by atomic mass is 10.0. The molecular formula is C13H8FNO4. The number of nitro benzene ring substituents is 1. The SMILES string of the molecule is O=C(O)c1cccc(-c2ccc(F)c([N+](=O)[O-])c2)c1. The highest BCUT2D eigenvalue weighted by molar-refractivity contribution is 5.89. The molecule has 0 saturated heterocycles. The summed E-state index contributed by atoms with van der Waals surface area (Å²) in [5, 5.41) is 19.5. The molecule has 5 nitrogen and oxygen atoms in total. The largest absolute Gasteiger partial charge is 0.478 e. The second kappa shape index (κ2) is 4.85. The zero-order valence-corrected chi connectivity index (χ0v) is 9.54. The normalized spacial score (nSPS) is 10.2. The van der Waals surface area contributed by atoms with Gasteiger partial charge in [0.25, 0.3) is 0 Å². The van der Waals surface area contributed by atoms with Crippen molar-refractivity contribution in [3.63, 3.8) is 0 Å². The molecule has 0 aliphatic rings. The van der Waals surface area contributed by atoms with Gasteiger partial charge in [-0.3, -0.25) is 10.1 Å². The van der Waals surface area contributed by atoms with Crippen molar-refractivity contribution in [2.24, 2.45) is 0 Å². The zero-order chi connectivity index (χ0) is 14.0. The fourth-order valence-electron chi connectivity index (χ4n) is 1.66. The summed E-state index contributed by atoms with van der Waals surface area (Å²) in [5.41, 5.74) is 0.280. The third-order valence-electron chi connectivity index (χ3n) is 2.59. The van der Waals surface area contributed by atoms with Gasteiger partial charge in [0.05, 0.1) is 10.5 Å². The molecular weight excluding hydrogens is 253 g/mol. The lowest BCUT2D eigenvalue weighted by molar-refractivity contribution is -0.387. The molecule has 0 radical (unpaired) electrons. The summed E-state index contributed by atoms with van der Waals surface area (Å²) < 4.78 is 13.2. The van der Waals surface area contributed by atoms with Gasteiger partial charge in [0.1, 0.15) is 0 Å². The highest BCUT2D eigenvalue weighted by atomic mass is 19.1. The van der Waals surface area contributed by atoms with Gasteiger partial charge in [0.15, 0.2) is 0 Å². The van der Waals surface area contributed by atoms with Crippen molar-refractivity contribution in [3.8, 4) is 11.1 Å². The molecule has 6 heteroatoms. The van der Waals surface area contributed by atoms with E-state index in [0.29, 0.717) is 11.1 Å². The van der Waals surface area contributed by atoms with E-state index in [-0.39, 0.29) is 5.56 Å². The van der Waals surface area contributed by atoms with Crippen molar-refractivity contribution in [2.45, 2.75) is 0 Å². The molecule has 0 heterocycles. The molecule has 0 spiro atoms. The Hall–Kier alpha value is -2.76. The number of hydrogen-bond donors (Lipinski definition) is 1. The molecule has 96 valence electrons. The van der Waals surface area contributed by atoms with Crippen LogP contribution in [0.5, 0.6) is 0 Å². The maximum Gasteiger partial charge on any atom is 0.335 e. The van der Waals surface area contributed by atoms with Gasteiger partial charge in [-0.2, -0.15) is 4.39 Å². The van der Waals surface area contributed by atoms with Crippen molar-refractivity contribution < 1.29 is 19.2 Å². The summed E-state index contributed by atoms with van der Waals surface area (Å²) in [5.74, 6) is -2.03. The number of carboxylic acids is 1. The Bertz CT molecular complexity index is 669. The van der Waals surface area contributed by atoms with Crippen LogP contribution in [0.2, 0.25) is 0 Å². The second-order valence-electron chi connectivity index (χ2n) is 3.81. The second-order valence-corrected chi connectivity index (χ2v) is 3.81. The molecule has 0 fully saturated rings. The monoisotopic (exact) mass is 261 g/mol. The molecule has 0 amide bonds. The maximum atomic E-state index is 13.2. The molecule has 0 aliphatic heterocycles. The van der Waals surface area contributed by atoms with E-state index in [1.54, 1.807) is 6.07 Å². The summed E-state index contributed by atoms with van der Waals surface area (Å²) in [7, 11) is 0. The average molecular weight is 261 g/mol. The molecule has 2 rings (SSSR count). The zero-order valence-electron chi connectivity index (χ0n) is 9.54. The quantitative estimate of drug-likeness (QED) is 0.680. The highest BCUT2D eigenvalue weighted by Crippen LogP contribution is 2.26. The third kappa shape index (κ3) is 2.57. The third-order valence-corrected chi connectivity index (χ3v) is 2.59. The van der Waals surface area contributed by atoms with Gasteiger partial charge in [-0.25, -0.2) is 4.79 Å². The first-order valence-electron chi connectivity index (χ1n) is 5.26. The van der Waals surface area contributed by atoms with Crippen LogP contribution in [0.4, 0.5) is 10.1 Å². The fourth-order valence-corrected chi connectivity index (χ4v) is 1.66. The first-order chi connectivity index (χ1) is 8.99. The molecule has 2 aromatic rings. The van der Waals surface area contributed by atoms with Gasteiger partial charge in [-0.05, 0) is 29.3 Å². The fraction of sp³-hybridized carbons (Fsp3) is 0. The lowest BCUT2D eigenvalue weighted by Gasteiger charge is -2.03. The van der Waals surface area contributed by atoms with Crippen LogP contribution in [0.1, 0.15) is 10.4 Å². The van der Waals surface area contributed by atoms with Crippen molar-refractivity contribution in [3.05, 3.63) is 64.0 Å². The topological polar surface area (TPSA) is 80.4 Å². The molecule has 0 aliphatic carbocycles. The van der Waals surface area contributed by atoms with Crippen molar-refractivity contribution >= 4 is 11.7 Å². The minimum atomic E-state index is -1.10. The Kier molecular flexibility index (Phi) is 3.24. The summed E-state index contributed by atoms with van der Waals surface area (Å²) in [4.78, 5) is 20.7. The van der Waals surface area contributed by atoms with Crippen LogP contribution in [0.25, 0.3) is 11.1 Å². The predicted molar refractivity (Wildman–Crippen MR) is 65.4 cm³/mol. The number of nitrogens with zero attached hydrogens (tertiary/aromatic N) is 1. The summed E-state index contributed by atoms with van der Waals surface area (Å²) >= 11 is 0.